The molecule has 0 aromatic heterocycles. The zero-order valence-electron chi connectivity index (χ0n) is 20.4. The SMILES string of the molecule is COc1cc(CCc2ccc(/C3=C/c4ccccc4C=NCCN3C)cc2)cc(OC)c1OC. The van der Waals surface area contributed by atoms with Crippen LogP contribution in [0.5, 0.6) is 17.2 Å². The first-order chi connectivity index (χ1) is 16.6. The molecule has 1 aliphatic heterocycles. The number of nitrogens with zero attached hydrogens (tertiary/aromatic N) is 2. The molecule has 5 nitrogen and oxygen atoms in total. The van der Waals surface area contributed by atoms with Crippen LogP contribution >= 0.6 is 0 Å². The van der Waals surface area contributed by atoms with Crippen LogP contribution in [-0.2, 0) is 12.8 Å². The highest BCUT2D eigenvalue weighted by Gasteiger charge is 2.14. The molecule has 4 rings (SSSR count). The molecule has 0 fully saturated rings. The molecular formula is C29H32N2O3. The minimum atomic E-state index is 0.623. The molecule has 0 saturated carbocycles. The molecule has 0 spiro atoms. The van der Waals surface area contributed by atoms with E-state index in [1.54, 1.807) is 21.3 Å². The molecule has 0 aliphatic carbocycles. The van der Waals surface area contributed by atoms with E-state index in [-0.39, 0.29) is 0 Å². The lowest BCUT2D eigenvalue weighted by Gasteiger charge is -2.22. The summed E-state index contributed by atoms with van der Waals surface area (Å²) in [5, 5.41) is 0. The summed E-state index contributed by atoms with van der Waals surface area (Å²) in [6.07, 6.45) is 6.04. The number of hydrogen-bond donors (Lipinski definition) is 0. The van der Waals surface area contributed by atoms with Crippen LogP contribution in [0.25, 0.3) is 11.8 Å². The molecule has 0 N–H and O–H groups in total. The lowest BCUT2D eigenvalue weighted by Crippen LogP contribution is -2.20. The molecule has 176 valence electrons. The molecular weight excluding hydrogens is 424 g/mol. The van der Waals surface area contributed by atoms with E-state index in [1.165, 1.54) is 22.4 Å². The van der Waals surface area contributed by atoms with Gasteiger partial charge in [-0.15, -0.1) is 0 Å². The van der Waals surface area contributed by atoms with Crippen molar-refractivity contribution in [1.29, 1.82) is 0 Å². The quantitative estimate of drug-likeness (QED) is 0.480. The Morgan fingerprint density at radius 3 is 2.09 bits per heavy atom. The summed E-state index contributed by atoms with van der Waals surface area (Å²) in [6.45, 7) is 1.65. The van der Waals surface area contributed by atoms with Crippen molar-refractivity contribution in [2.45, 2.75) is 12.8 Å². The van der Waals surface area contributed by atoms with Gasteiger partial charge in [0.2, 0.25) is 5.75 Å². The van der Waals surface area contributed by atoms with Gasteiger partial charge in [-0.2, -0.15) is 0 Å². The minimum absolute atomic E-state index is 0.623. The van der Waals surface area contributed by atoms with Crippen molar-refractivity contribution >= 4 is 18.0 Å². The molecule has 1 heterocycles. The molecule has 0 bridgehead atoms. The second-order valence-electron chi connectivity index (χ2n) is 8.35. The fraction of sp³-hybridized carbons (Fsp3) is 0.276. The van der Waals surface area contributed by atoms with Crippen LogP contribution in [0.2, 0.25) is 0 Å². The van der Waals surface area contributed by atoms with Crippen molar-refractivity contribution < 1.29 is 14.2 Å². The zero-order chi connectivity index (χ0) is 23.9. The lowest BCUT2D eigenvalue weighted by molar-refractivity contribution is 0.324. The predicted molar refractivity (Wildman–Crippen MR) is 139 cm³/mol. The minimum Gasteiger partial charge on any atom is -0.493 e. The zero-order valence-corrected chi connectivity index (χ0v) is 20.4. The normalized spacial score (nSPS) is 14.8. The standard InChI is InChI=1S/C29H32N2O3/c1-31-16-15-30-20-25-8-6-5-7-24(25)19-26(31)23-13-11-21(12-14-23)9-10-22-17-27(32-2)29(34-4)28(18-22)33-3/h5-8,11-14,17-20H,9-10,15-16H2,1-4H3/b26-19-,30-20?. The van der Waals surface area contributed by atoms with Gasteiger partial charge in [-0.05, 0) is 58.9 Å². The summed E-state index contributed by atoms with van der Waals surface area (Å²) >= 11 is 0. The van der Waals surface area contributed by atoms with Crippen LogP contribution in [0.1, 0.15) is 27.8 Å². The van der Waals surface area contributed by atoms with Crippen LogP contribution in [0.15, 0.2) is 65.7 Å². The Morgan fingerprint density at radius 1 is 0.794 bits per heavy atom. The highest BCUT2D eigenvalue weighted by atomic mass is 16.5. The summed E-state index contributed by atoms with van der Waals surface area (Å²) in [4.78, 5) is 6.87. The first-order valence-electron chi connectivity index (χ1n) is 11.5. The molecule has 0 unspecified atom stereocenters. The molecule has 0 amide bonds. The van der Waals surface area contributed by atoms with Gasteiger partial charge in [0.25, 0.3) is 0 Å². The van der Waals surface area contributed by atoms with Crippen LogP contribution in [0, 0.1) is 0 Å². The Kier molecular flexibility index (Phi) is 7.53. The molecule has 0 saturated heterocycles. The Balaban J connectivity index is 1.54. The molecule has 0 atom stereocenters. The van der Waals surface area contributed by atoms with Crippen molar-refractivity contribution in [3.05, 3.63) is 88.5 Å². The number of aryl methyl sites for hydroxylation is 2. The second-order valence-corrected chi connectivity index (χ2v) is 8.35. The van der Waals surface area contributed by atoms with Crippen LogP contribution in [0.3, 0.4) is 0 Å². The molecule has 3 aromatic rings. The summed E-state index contributed by atoms with van der Waals surface area (Å²) < 4.78 is 16.4. The third kappa shape index (κ3) is 5.25. The summed E-state index contributed by atoms with van der Waals surface area (Å²) in [5.74, 6) is 2.00. The maximum absolute atomic E-state index is 5.49. The van der Waals surface area contributed by atoms with Gasteiger partial charge in [-0.1, -0.05) is 48.5 Å². The van der Waals surface area contributed by atoms with Crippen molar-refractivity contribution in [1.82, 2.24) is 4.90 Å². The van der Waals surface area contributed by atoms with Crippen molar-refractivity contribution in [3.63, 3.8) is 0 Å². The third-order valence-electron chi connectivity index (χ3n) is 6.17. The number of hydrogen-bond acceptors (Lipinski definition) is 5. The Morgan fingerprint density at radius 2 is 1.44 bits per heavy atom. The van der Waals surface area contributed by atoms with Gasteiger partial charge in [-0.25, -0.2) is 0 Å². The van der Waals surface area contributed by atoms with E-state index in [9.17, 15) is 0 Å². The summed E-state index contributed by atoms with van der Waals surface area (Å²) in [6, 6.07) is 21.3. The Labute approximate surface area is 202 Å². The topological polar surface area (TPSA) is 43.3 Å². The van der Waals surface area contributed by atoms with E-state index in [2.05, 4.69) is 71.5 Å². The number of aliphatic imine (C=N–C) groups is 1. The Bertz CT molecular complexity index is 1160. The van der Waals surface area contributed by atoms with E-state index in [0.717, 1.165) is 37.1 Å². The first kappa shape index (κ1) is 23.4. The van der Waals surface area contributed by atoms with Gasteiger partial charge in [0.05, 0.1) is 27.9 Å². The predicted octanol–water partition coefficient (Wildman–Crippen LogP) is 5.36. The molecule has 0 radical (unpaired) electrons. The Hall–Kier alpha value is -3.73. The smallest absolute Gasteiger partial charge is 0.203 e. The molecule has 34 heavy (non-hydrogen) atoms. The van der Waals surface area contributed by atoms with Crippen molar-refractivity contribution in [3.8, 4) is 17.2 Å². The number of rotatable bonds is 7. The van der Waals surface area contributed by atoms with Crippen LogP contribution in [0.4, 0.5) is 0 Å². The van der Waals surface area contributed by atoms with E-state index < -0.39 is 0 Å². The van der Waals surface area contributed by atoms with E-state index >= 15 is 0 Å². The summed E-state index contributed by atoms with van der Waals surface area (Å²) in [7, 11) is 7.05. The average Bonchev–Trinajstić information content (AvgIpc) is 2.96. The first-order valence-corrected chi connectivity index (χ1v) is 11.5. The van der Waals surface area contributed by atoms with Crippen LogP contribution in [-0.4, -0.2) is 52.6 Å². The summed E-state index contributed by atoms with van der Waals surface area (Å²) in [5.41, 5.74) is 7.17. The fourth-order valence-electron chi connectivity index (χ4n) is 4.22. The van der Waals surface area contributed by atoms with Crippen molar-refractivity contribution in [2.24, 2.45) is 4.99 Å². The van der Waals surface area contributed by atoms with Gasteiger partial charge < -0.3 is 19.1 Å². The van der Waals surface area contributed by atoms with E-state index in [0.29, 0.717) is 17.2 Å². The molecule has 1 aliphatic rings. The lowest BCUT2D eigenvalue weighted by atomic mass is 10.00. The van der Waals surface area contributed by atoms with E-state index in [1.807, 2.05) is 18.3 Å². The number of fused-ring (bicyclic) bond motifs is 1. The van der Waals surface area contributed by atoms with Gasteiger partial charge in [0.15, 0.2) is 11.5 Å². The van der Waals surface area contributed by atoms with Gasteiger partial charge in [-0.3, -0.25) is 4.99 Å². The van der Waals surface area contributed by atoms with Crippen molar-refractivity contribution in [2.75, 3.05) is 41.5 Å². The van der Waals surface area contributed by atoms with Gasteiger partial charge >= 0.3 is 0 Å². The van der Waals surface area contributed by atoms with Gasteiger partial charge in [0, 0.05) is 25.5 Å². The fourth-order valence-corrected chi connectivity index (χ4v) is 4.22. The molecule has 3 aromatic carbocycles. The van der Waals surface area contributed by atoms with E-state index in [4.69, 9.17) is 14.2 Å². The molecule has 5 heteroatoms. The largest absolute Gasteiger partial charge is 0.493 e. The van der Waals surface area contributed by atoms with Gasteiger partial charge in [0.1, 0.15) is 0 Å². The number of likely N-dealkylation sites (N-methyl/N-ethyl adjacent to an activating group) is 1. The maximum atomic E-state index is 5.49. The highest BCUT2D eigenvalue weighted by Crippen LogP contribution is 2.38. The monoisotopic (exact) mass is 456 g/mol. The maximum Gasteiger partial charge on any atom is 0.203 e. The number of ether oxygens (including phenoxy) is 3. The highest BCUT2D eigenvalue weighted by molar-refractivity contribution is 5.90. The van der Waals surface area contributed by atoms with Crippen LogP contribution < -0.4 is 14.2 Å². The number of methoxy groups -OCH3 is 3. The number of benzene rings is 3. The third-order valence-corrected chi connectivity index (χ3v) is 6.17. The average molecular weight is 457 g/mol. The second kappa shape index (κ2) is 10.9.